The molecule has 2 unspecified atom stereocenters. The average Bonchev–Trinajstić information content (AvgIpc) is 2.97. The van der Waals surface area contributed by atoms with E-state index in [0.717, 1.165) is 32.6 Å². The number of aryl methyl sites for hydroxylation is 1. The summed E-state index contributed by atoms with van der Waals surface area (Å²) in [7, 11) is 0. The molecular weight excluding hydrogens is 257 g/mol. The number of rotatable bonds is 7. The zero-order chi connectivity index (χ0) is 14.4. The van der Waals surface area contributed by atoms with E-state index in [4.69, 9.17) is 9.47 Å². The van der Waals surface area contributed by atoms with Crippen LogP contribution in [-0.2, 0) is 4.74 Å². The monoisotopic (exact) mass is 281 g/mol. The maximum atomic E-state index is 13.9. The van der Waals surface area contributed by atoms with Gasteiger partial charge in [-0.2, -0.15) is 0 Å². The third-order valence-corrected chi connectivity index (χ3v) is 3.77. The van der Waals surface area contributed by atoms with Gasteiger partial charge in [-0.25, -0.2) is 4.39 Å². The van der Waals surface area contributed by atoms with Gasteiger partial charge < -0.3 is 14.8 Å². The summed E-state index contributed by atoms with van der Waals surface area (Å²) in [4.78, 5) is 0. The molecule has 2 rings (SSSR count). The van der Waals surface area contributed by atoms with Crippen molar-refractivity contribution in [2.75, 3.05) is 26.4 Å². The lowest BCUT2D eigenvalue weighted by atomic mass is 9.99. The maximum Gasteiger partial charge on any atom is 0.167 e. The molecule has 112 valence electrons. The van der Waals surface area contributed by atoms with E-state index in [2.05, 4.69) is 12.2 Å². The van der Waals surface area contributed by atoms with Crippen molar-refractivity contribution in [2.45, 2.75) is 32.7 Å². The lowest BCUT2D eigenvalue weighted by Gasteiger charge is -2.24. The topological polar surface area (TPSA) is 30.5 Å². The highest BCUT2D eigenvalue weighted by Gasteiger charge is 2.26. The summed E-state index contributed by atoms with van der Waals surface area (Å²) in [6, 6.07) is 5.47. The van der Waals surface area contributed by atoms with E-state index in [1.165, 1.54) is 0 Å². The van der Waals surface area contributed by atoms with Gasteiger partial charge in [0.2, 0.25) is 0 Å². The Kier molecular flexibility index (Phi) is 5.80. The van der Waals surface area contributed by atoms with Crippen molar-refractivity contribution in [1.29, 1.82) is 0 Å². The Hall–Kier alpha value is -1.13. The van der Waals surface area contributed by atoms with Gasteiger partial charge in [-0.3, -0.25) is 0 Å². The van der Waals surface area contributed by atoms with Gasteiger partial charge in [-0.05, 0) is 37.9 Å². The van der Waals surface area contributed by atoms with E-state index in [0.29, 0.717) is 23.8 Å². The van der Waals surface area contributed by atoms with Gasteiger partial charge in [-0.1, -0.05) is 19.1 Å². The summed E-state index contributed by atoms with van der Waals surface area (Å²) in [5, 5.41) is 3.49. The van der Waals surface area contributed by atoms with Crippen molar-refractivity contribution in [2.24, 2.45) is 5.92 Å². The van der Waals surface area contributed by atoms with Crippen LogP contribution >= 0.6 is 0 Å². The summed E-state index contributed by atoms with van der Waals surface area (Å²) >= 11 is 0. The minimum Gasteiger partial charge on any atom is -0.489 e. The molecule has 1 aromatic rings. The first kappa shape index (κ1) is 15.3. The van der Waals surface area contributed by atoms with Crippen molar-refractivity contribution >= 4 is 0 Å². The molecule has 0 spiro atoms. The lowest BCUT2D eigenvalue weighted by Crippen LogP contribution is -2.41. The summed E-state index contributed by atoms with van der Waals surface area (Å²) in [6.07, 6.45) is 2.12. The standard InChI is InChI=1S/C16H24FNO2/c1-3-8-18-14(13-7-9-19-10-13)11-20-15-6-4-5-12(2)16(15)17/h4-6,13-14,18H,3,7-11H2,1-2H3. The van der Waals surface area contributed by atoms with Gasteiger partial charge in [0.15, 0.2) is 11.6 Å². The molecule has 1 aliphatic rings. The third kappa shape index (κ3) is 3.93. The highest BCUT2D eigenvalue weighted by molar-refractivity contribution is 5.30. The normalized spacial score (nSPS) is 20.1. The highest BCUT2D eigenvalue weighted by Crippen LogP contribution is 2.22. The van der Waals surface area contributed by atoms with Gasteiger partial charge >= 0.3 is 0 Å². The molecule has 20 heavy (non-hydrogen) atoms. The van der Waals surface area contributed by atoms with E-state index in [1.807, 2.05) is 6.07 Å². The fourth-order valence-corrected chi connectivity index (χ4v) is 2.47. The second-order valence-electron chi connectivity index (χ2n) is 5.38. The number of hydrogen-bond acceptors (Lipinski definition) is 3. The molecule has 3 nitrogen and oxygen atoms in total. The van der Waals surface area contributed by atoms with Crippen LogP contribution in [0.3, 0.4) is 0 Å². The zero-order valence-corrected chi connectivity index (χ0v) is 12.3. The summed E-state index contributed by atoms with van der Waals surface area (Å²) in [5.74, 6) is 0.533. The van der Waals surface area contributed by atoms with Gasteiger partial charge in [0.25, 0.3) is 0 Å². The van der Waals surface area contributed by atoms with E-state index < -0.39 is 0 Å². The van der Waals surface area contributed by atoms with Crippen molar-refractivity contribution in [1.82, 2.24) is 5.32 Å². The molecule has 1 N–H and O–H groups in total. The third-order valence-electron chi connectivity index (χ3n) is 3.77. The smallest absolute Gasteiger partial charge is 0.167 e. The maximum absolute atomic E-state index is 13.9. The predicted molar refractivity (Wildman–Crippen MR) is 77.6 cm³/mol. The van der Waals surface area contributed by atoms with Gasteiger partial charge in [0.1, 0.15) is 6.61 Å². The number of nitrogens with one attached hydrogen (secondary N) is 1. The van der Waals surface area contributed by atoms with Gasteiger partial charge in [0, 0.05) is 18.6 Å². The van der Waals surface area contributed by atoms with E-state index in [9.17, 15) is 4.39 Å². The number of ether oxygens (including phenoxy) is 2. The number of hydrogen-bond donors (Lipinski definition) is 1. The van der Waals surface area contributed by atoms with Gasteiger partial charge in [0.05, 0.1) is 6.61 Å². The molecule has 0 aromatic heterocycles. The Morgan fingerprint density at radius 2 is 2.35 bits per heavy atom. The molecule has 0 amide bonds. The van der Waals surface area contributed by atoms with Crippen molar-refractivity contribution in [3.63, 3.8) is 0 Å². The Balaban J connectivity index is 1.95. The largest absolute Gasteiger partial charge is 0.489 e. The van der Waals surface area contributed by atoms with Crippen molar-refractivity contribution in [3.05, 3.63) is 29.6 Å². The summed E-state index contributed by atoms with van der Waals surface area (Å²) in [6.45, 7) is 6.89. The van der Waals surface area contributed by atoms with Crippen molar-refractivity contribution < 1.29 is 13.9 Å². The van der Waals surface area contributed by atoms with Crippen LogP contribution in [0, 0.1) is 18.7 Å². The average molecular weight is 281 g/mol. The molecule has 1 aliphatic heterocycles. The summed E-state index contributed by atoms with van der Waals surface area (Å²) < 4.78 is 25.1. The molecule has 2 atom stereocenters. The quantitative estimate of drug-likeness (QED) is 0.833. The SMILES string of the molecule is CCCNC(COc1cccc(C)c1F)C1CCOC1. The fourth-order valence-electron chi connectivity index (χ4n) is 2.47. The van der Waals surface area contributed by atoms with Crippen LogP contribution in [0.4, 0.5) is 4.39 Å². The molecule has 1 aromatic carbocycles. The molecule has 1 saturated heterocycles. The van der Waals surface area contributed by atoms with Crippen LogP contribution in [0.1, 0.15) is 25.3 Å². The summed E-state index contributed by atoms with van der Waals surface area (Å²) in [5.41, 5.74) is 0.616. The van der Waals surface area contributed by atoms with Crippen LogP contribution in [0.2, 0.25) is 0 Å². The Morgan fingerprint density at radius 1 is 1.50 bits per heavy atom. The first-order valence-corrected chi connectivity index (χ1v) is 7.41. The fraction of sp³-hybridized carbons (Fsp3) is 0.625. The minimum absolute atomic E-state index is 0.220. The molecule has 0 saturated carbocycles. The first-order valence-electron chi connectivity index (χ1n) is 7.41. The van der Waals surface area contributed by atoms with Gasteiger partial charge in [-0.15, -0.1) is 0 Å². The second kappa shape index (κ2) is 7.60. The molecule has 0 radical (unpaired) electrons. The number of benzene rings is 1. The number of halogens is 1. The molecule has 0 bridgehead atoms. The second-order valence-corrected chi connectivity index (χ2v) is 5.38. The van der Waals surface area contributed by atoms with Crippen LogP contribution < -0.4 is 10.1 Å². The molecule has 0 aliphatic carbocycles. The van der Waals surface area contributed by atoms with E-state index in [1.54, 1.807) is 19.1 Å². The highest BCUT2D eigenvalue weighted by atomic mass is 19.1. The Morgan fingerprint density at radius 3 is 3.05 bits per heavy atom. The minimum atomic E-state index is -0.260. The van der Waals surface area contributed by atoms with Crippen LogP contribution in [0.15, 0.2) is 18.2 Å². The van der Waals surface area contributed by atoms with Crippen molar-refractivity contribution in [3.8, 4) is 5.75 Å². The first-order chi connectivity index (χ1) is 9.72. The molecule has 1 fully saturated rings. The van der Waals surface area contributed by atoms with E-state index >= 15 is 0 Å². The Bertz CT molecular complexity index is 419. The van der Waals surface area contributed by atoms with Crippen LogP contribution in [-0.4, -0.2) is 32.4 Å². The lowest BCUT2D eigenvalue weighted by molar-refractivity contribution is 0.159. The molecule has 1 heterocycles. The molecule has 4 heteroatoms. The van der Waals surface area contributed by atoms with Crippen LogP contribution in [0.25, 0.3) is 0 Å². The zero-order valence-electron chi connectivity index (χ0n) is 12.3. The van der Waals surface area contributed by atoms with Crippen LogP contribution in [0.5, 0.6) is 5.75 Å². The van der Waals surface area contributed by atoms with E-state index in [-0.39, 0.29) is 11.9 Å². The predicted octanol–water partition coefficient (Wildman–Crippen LogP) is 2.92. The Labute approximate surface area is 120 Å². The molecular formula is C16H24FNO2.